The molecule has 2 aromatic carbocycles. The summed E-state index contributed by atoms with van der Waals surface area (Å²) in [6.45, 7) is 0.733. The SMILES string of the molecule is CO/N=C/c1ccc(C(=O)Oc2ccc(N3CCCC3=O)cc2)cc1. The molecule has 0 unspecified atom stereocenters. The molecule has 6 heteroatoms. The van der Waals surface area contributed by atoms with Gasteiger partial charge in [-0.3, -0.25) is 4.79 Å². The Hall–Kier alpha value is -3.15. The number of amides is 1. The molecule has 0 aliphatic carbocycles. The van der Waals surface area contributed by atoms with E-state index in [1.54, 1.807) is 59.6 Å². The van der Waals surface area contributed by atoms with Crippen molar-refractivity contribution >= 4 is 23.8 Å². The largest absolute Gasteiger partial charge is 0.423 e. The number of carbonyl (C=O) groups excluding carboxylic acids is 2. The number of ether oxygens (including phenoxy) is 1. The lowest BCUT2D eigenvalue weighted by atomic mass is 10.1. The summed E-state index contributed by atoms with van der Waals surface area (Å²) in [7, 11) is 1.47. The number of nitrogens with zero attached hydrogens (tertiary/aromatic N) is 2. The third-order valence-corrected chi connectivity index (χ3v) is 3.89. The molecule has 2 aromatic rings. The van der Waals surface area contributed by atoms with Gasteiger partial charge in [0.25, 0.3) is 0 Å². The molecule has 1 fully saturated rings. The lowest BCUT2D eigenvalue weighted by Gasteiger charge is -2.15. The van der Waals surface area contributed by atoms with E-state index in [-0.39, 0.29) is 5.91 Å². The summed E-state index contributed by atoms with van der Waals surface area (Å²) in [5.74, 6) is 0.118. The van der Waals surface area contributed by atoms with Crippen molar-refractivity contribution in [2.75, 3.05) is 18.6 Å². The molecule has 0 saturated carbocycles. The number of rotatable bonds is 5. The third kappa shape index (κ3) is 4.03. The highest BCUT2D eigenvalue weighted by Gasteiger charge is 2.21. The summed E-state index contributed by atoms with van der Waals surface area (Å²) in [5.41, 5.74) is 2.08. The summed E-state index contributed by atoms with van der Waals surface area (Å²) in [6.07, 6.45) is 3.01. The van der Waals surface area contributed by atoms with Crippen molar-refractivity contribution < 1.29 is 19.2 Å². The molecule has 1 saturated heterocycles. The van der Waals surface area contributed by atoms with Crippen molar-refractivity contribution in [3.8, 4) is 5.75 Å². The van der Waals surface area contributed by atoms with Crippen molar-refractivity contribution in [3.63, 3.8) is 0 Å². The van der Waals surface area contributed by atoms with Gasteiger partial charge in [0.15, 0.2) is 0 Å². The zero-order chi connectivity index (χ0) is 17.6. The van der Waals surface area contributed by atoms with Gasteiger partial charge in [-0.05, 0) is 48.4 Å². The molecule has 0 bridgehead atoms. The first kappa shape index (κ1) is 16.7. The number of hydrogen-bond acceptors (Lipinski definition) is 5. The van der Waals surface area contributed by atoms with E-state index in [0.29, 0.717) is 17.7 Å². The van der Waals surface area contributed by atoms with Crippen LogP contribution in [0.4, 0.5) is 5.69 Å². The van der Waals surface area contributed by atoms with Crippen molar-refractivity contribution in [2.45, 2.75) is 12.8 Å². The van der Waals surface area contributed by atoms with Gasteiger partial charge in [-0.15, -0.1) is 0 Å². The van der Waals surface area contributed by atoms with Crippen LogP contribution in [0.15, 0.2) is 53.7 Å². The first-order valence-electron chi connectivity index (χ1n) is 7.96. The first-order chi connectivity index (χ1) is 12.2. The van der Waals surface area contributed by atoms with Crippen LogP contribution in [-0.2, 0) is 9.63 Å². The number of carbonyl (C=O) groups is 2. The highest BCUT2D eigenvalue weighted by Crippen LogP contribution is 2.24. The highest BCUT2D eigenvalue weighted by atomic mass is 16.6. The van der Waals surface area contributed by atoms with E-state index in [1.165, 1.54) is 7.11 Å². The molecular formula is C19H18N2O4. The number of oxime groups is 1. The van der Waals surface area contributed by atoms with Gasteiger partial charge in [0.05, 0.1) is 11.8 Å². The molecule has 1 aliphatic heterocycles. The molecule has 0 radical (unpaired) electrons. The molecule has 0 aromatic heterocycles. The second-order valence-electron chi connectivity index (χ2n) is 5.57. The van der Waals surface area contributed by atoms with Crippen LogP contribution in [-0.4, -0.2) is 31.7 Å². The predicted octanol–water partition coefficient (Wildman–Crippen LogP) is 3.01. The number of benzene rings is 2. The summed E-state index contributed by atoms with van der Waals surface area (Å²) in [5, 5.41) is 3.66. The smallest absolute Gasteiger partial charge is 0.343 e. The number of anilines is 1. The minimum absolute atomic E-state index is 0.127. The summed E-state index contributed by atoms with van der Waals surface area (Å²) in [6, 6.07) is 13.8. The van der Waals surface area contributed by atoms with Crippen molar-refractivity contribution in [2.24, 2.45) is 5.16 Å². The fraction of sp³-hybridized carbons (Fsp3) is 0.211. The molecule has 25 heavy (non-hydrogen) atoms. The normalized spacial score (nSPS) is 14.1. The number of hydrogen-bond donors (Lipinski definition) is 0. The van der Waals surface area contributed by atoms with Gasteiger partial charge < -0.3 is 14.5 Å². The standard InChI is InChI=1S/C19H18N2O4/c1-24-20-13-14-4-6-15(7-5-14)19(23)25-17-10-8-16(9-11-17)21-12-2-3-18(21)22/h4-11,13H,2-3,12H2,1H3/b20-13+. The zero-order valence-corrected chi connectivity index (χ0v) is 13.8. The van der Waals surface area contributed by atoms with Crippen LogP contribution in [0.2, 0.25) is 0 Å². The molecular weight excluding hydrogens is 320 g/mol. The lowest BCUT2D eigenvalue weighted by Crippen LogP contribution is -2.23. The minimum atomic E-state index is -0.444. The fourth-order valence-electron chi connectivity index (χ4n) is 2.60. The second-order valence-corrected chi connectivity index (χ2v) is 5.57. The molecule has 1 heterocycles. The first-order valence-corrected chi connectivity index (χ1v) is 7.96. The van der Waals surface area contributed by atoms with E-state index in [1.807, 2.05) is 0 Å². The maximum atomic E-state index is 12.2. The van der Waals surface area contributed by atoms with E-state index in [2.05, 4.69) is 9.99 Å². The van der Waals surface area contributed by atoms with Gasteiger partial charge in [0.2, 0.25) is 5.91 Å². The second kappa shape index (κ2) is 7.61. The van der Waals surface area contributed by atoms with Gasteiger partial charge in [0, 0.05) is 18.7 Å². The summed E-state index contributed by atoms with van der Waals surface area (Å²) in [4.78, 5) is 30.3. The average Bonchev–Trinajstić information content (AvgIpc) is 3.07. The van der Waals surface area contributed by atoms with Crippen LogP contribution in [0.25, 0.3) is 0 Å². The Morgan fingerprint density at radius 2 is 1.84 bits per heavy atom. The Morgan fingerprint density at radius 3 is 2.44 bits per heavy atom. The van der Waals surface area contributed by atoms with Crippen molar-refractivity contribution in [3.05, 3.63) is 59.7 Å². The van der Waals surface area contributed by atoms with E-state index < -0.39 is 5.97 Å². The van der Waals surface area contributed by atoms with Crippen molar-refractivity contribution in [1.82, 2.24) is 0 Å². The van der Waals surface area contributed by atoms with Gasteiger partial charge >= 0.3 is 5.97 Å². The quantitative estimate of drug-likeness (QED) is 0.364. The Bertz CT molecular complexity index is 782. The Morgan fingerprint density at radius 1 is 1.12 bits per heavy atom. The van der Waals surface area contributed by atoms with Crippen LogP contribution in [0, 0.1) is 0 Å². The van der Waals surface area contributed by atoms with E-state index in [0.717, 1.165) is 24.2 Å². The van der Waals surface area contributed by atoms with Gasteiger partial charge in [-0.2, -0.15) is 0 Å². The Balaban J connectivity index is 1.64. The fourth-order valence-corrected chi connectivity index (χ4v) is 2.60. The van der Waals surface area contributed by atoms with Crippen LogP contribution >= 0.6 is 0 Å². The zero-order valence-electron chi connectivity index (χ0n) is 13.8. The maximum Gasteiger partial charge on any atom is 0.343 e. The maximum absolute atomic E-state index is 12.2. The van der Waals surface area contributed by atoms with Crippen LogP contribution in [0.1, 0.15) is 28.8 Å². The van der Waals surface area contributed by atoms with Gasteiger partial charge in [-0.1, -0.05) is 17.3 Å². The Kier molecular flexibility index (Phi) is 5.09. The van der Waals surface area contributed by atoms with Crippen LogP contribution in [0.3, 0.4) is 0 Å². The van der Waals surface area contributed by atoms with E-state index in [4.69, 9.17) is 4.74 Å². The number of esters is 1. The van der Waals surface area contributed by atoms with Gasteiger partial charge in [0.1, 0.15) is 12.9 Å². The van der Waals surface area contributed by atoms with Crippen molar-refractivity contribution in [1.29, 1.82) is 0 Å². The molecule has 0 N–H and O–H groups in total. The summed E-state index contributed by atoms with van der Waals surface area (Å²) >= 11 is 0. The monoisotopic (exact) mass is 338 g/mol. The minimum Gasteiger partial charge on any atom is -0.423 e. The lowest BCUT2D eigenvalue weighted by molar-refractivity contribution is -0.117. The molecule has 0 spiro atoms. The molecule has 1 amide bonds. The van der Waals surface area contributed by atoms with E-state index >= 15 is 0 Å². The predicted molar refractivity (Wildman–Crippen MR) is 94.0 cm³/mol. The highest BCUT2D eigenvalue weighted by molar-refractivity contribution is 5.95. The van der Waals surface area contributed by atoms with Crippen LogP contribution < -0.4 is 9.64 Å². The van der Waals surface area contributed by atoms with Crippen LogP contribution in [0.5, 0.6) is 5.75 Å². The molecule has 128 valence electrons. The molecule has 6 nitrogen and oxygen atoms in total. The van der Waals surface area contributed by atoms with E-state index in [9.17, 15) is 9.59 Å². The molecule has 0 atom stereocenters. The molecule has 1 aliphatic rings. The van der Waals surface area contributed by atoms with Gasteiger partial charge in [-0.25, -0.2) is 4.79 Å². The Labute approximate surface area is 145 Å². The average molecular weight is 338 g/mol. The molecule has 3 rings (SSSR count). The summed E-state index contributed by atoms with van der Waals surface area (Å²) < 4.78 is 5.37. The third-order valence-electron chi connectivity index (χ3n) is 3.89. The topological polar surface area (TPSA) is 68.2 Å².